The minimum atomic E-state index is -3.50. The van der Waals surface area contributed by atoms with Crippen LogP contribution in [0.2, 0.25) is 0 Å². The van der Waals surface area contributed by atoms with E-state index in [1.165, 1.54) is 0 Å². The highest BCUT2D eigenvalue weighted by Gasteiger charge is 2.23. The molecule has 5 nitrogen and oxygen atoms in total. The van der Waals surface area contributed by atoms with Gasteiger partial charge in [-0.05, 0) is 36.2 Å². The lowest BCUT2D eigenvalue weighted by atomic mass is 10.0. The first kappa shape index (κ1) is 16.7. The van der Waals surface area contributed by atoms with Crippen LogP contribution in [0.4, 0.5) is 0 Å². The lowest BCUT2D eigenvalue weighted by molar-refractivity contribution is 0.202. The van der Waals surface area contributed by atoms with Crippen LogP contribution in [0.15, 0.2) is 47.0 Å². The van der Waals surface area contributed by atoms with Crippen LogP contribution in [-0.2, 0) is 15.6 Å². The summed E-state index contributed by atoms with van der Waals surface area (Å²) in [5, 5.41) is 16.2. The number of rotatable bonds is 5. The summed E-state index contributed by atoms with van der Waals surface area (Å²) in [5.41, 5.74) is 1.73. The first-order valence-corrected chi connectivity index (χ1v) is 9.47. The molecule has 24 heavy (non-hydrogen) atoms. The molecular formula is C18H19NO4S. The first-order chi connectivity index (χ1) is 11.4. The molecule has 0 saturated heterocycles. The molecule has 0 saturated carbocycles. The Kier molecular flexibility index (Phi) is 4.43. The van der Waals surface area contributed by atoms with E-state index in [1.807, 2.05) is 36.4 Å². The smallest absolute Gasteiger partial charge is 0.157 e. The summed E-state index contributed by atoms with van der Waals surface area (Å²) in [6, 6.07) is 13.2. The molecule has 0 amide bonds. The van der Waals surface area contributed by atoms with Gasteiger partial charge < -0.3 is 9.63 Å². The summed E-state index contributed by atoms with van der Waals surface area (Å²) in [4.78, 5) is 0. The normalized spacial score (nSPS) is 13.3. The number of hydrogen-bond acceptors (Lipinski definition) is 5. The molecule has 0 bridgehead atoms. The van der Waals surface area contributed by atoms with Crippen LogP contribution < -0.4 is 0 Å². The van der Waals surface area contributed by atoms with E-state index in [0.717, 1.165) is 10.8 Å². The van der Waals surface area contributed by atoms with Gasteiger partial charge in [-0.15, -0.1) is 0 Å². The maximum absolute atomic E-state index is 12.4. The van der Waals surface area contributed by atoms with Gasteiger partial charge in [-0.2, -0.15) is 0 Å². The molecule has 3 rings (SSSR count). The van der Waals surface area contributed by atoms with Gasteiger partial charge in [0.1, 0.15) is 5.76 Å². The highest BCUT2D eigenvalue weighted by Crippen LogP contribution is 2.23. The maximum Gasteiger partial charge on any atom is 0.157 e. The van der Waals surface area contributed by atoms with Crippen molar-refractivity contribution in [3.8, 4) is 0 Å². The van der Waals surface area contributed by atoms with E-state index in [4.69, 9.17) is 4.52 Å². The van der Waals surface area contributed by atoms with Gasteiger partial charge in [0, 0.05) is 5.56 Å². The molecule has 1 N–H and O–H groups in total. The van der Waals surface area contributed by atoms with Gasteiger partial charge in [-0.1, -0.05) is 41.6 Å². The second kappa shape index (κ2) is 6.37. The Morgan fingerprint density at radius 1 is 1.12 bits per heavy atom. The third kappa shape index (κ3) is 3.49. The molecule has 0 aliphatic heterocycles. The number of nitrogens with zero attached hydrogens (tertiary/aromatic N) is 1. The van der Waals surface area contributed by atoms with Crippen molar-refractivity contribution in [3.63, 3.8) is 0 Å². The molecule has 1 aromatic heterocycles. The maximum atomic E-state index is 12.4. The number of aliphatic hydroxyl groups is 1. The quantitative estimate of drug-likeness (QED) is 0.768. The van der Waals surface area contributed by atoms with Crippen LogP contribution in [-0.4, -0.2) is 24.4 Å². The lowest BCUT2D eigenvalue weighted by Gasteiger charge is -2.12. The molecule has 3 aromatic rings. The predicted molar refractivity (Wildman–Crippen MR) is 92.4 cm³/mol. The minimum absolute atomic E-state index is 0.182. The molecule has 0 radical (unpaired) electrons. The molecule has 1 heterocycles. The fourth-order valence-corrected chi connectivity index (χ4v) is 4.38. The van der Waals surface area contributed by atoms with Crippen molar-refractivity contribution in [1.29, 1.82) is 0 Å². The van der Waals surface area contributed by atoms with E-state index in [1.54, 1.807) is 19.9 Å². The number of aryl methyl sites for hydroxylation is 2. The van der Waals surface area contributed by atoms with E-state index in [0.29, 0.717) is 22.6 Å². The molecule has 0 aliphatic rings. The van der Waals surface area contributed by atoms with Crippen molar-refractivity contribution in [2.75, 3.05) is 5.75 Å². The van der Waals surface area contributed by atoms with Crippen LogP contribution in [0.3, 0.4) is 0 Å². The monoisotopic (exact) mass is 345 g/mol. The van der Waals surface area contributed by atoms with Crippen LogP contribution in [0, 0.1) is 13.8 Å². The van der Waals surface area contributed by atoms with Crippen LogP contribution in [0.5, 0.6) is 0 Å². The average molecular weight is 345 g/mol. The zero-order valence-corrected chi connectivity index (χ0v) is 14.4. The van der Waals surface area contributed by atoms with E-state index >= 15 is 0 Å². The molecule has 6 heteroatoms. The zero-order valence-electron chi connectivity index (χ0n) is 13.6. The summed E-state index contributed by atoms with van der Waals surface area (Å²) >= 11 is 0. The lowest BCUT2D eigenvalue weighted by Crippen LogP contribution is -2.17. The zero-order chi connectivity index (χ0) is 17.3. The largest absolute Gasteiger partial charge is 0.387 e. The summed E-state index contributed by atoms with van der Waals surface area (Å²) in [5.74, 6) is -0.0231. The summed E-state index contributed by atoms with van der Waals surface area (Å²) < 4.78 is 29.8. The van der Waals surface area contributed by atoms with E-state index < -0.39 is 15.9 Å². The summed E-state index contributed by atoms with van der Waals surface area (Å²) in [7, 11) is -3.50. The highest BCUT2D eigenvalue weighted by molar-refractivity contribution is 7.90. The number of fused-ring (bicyclic) bond motifs is 1. The van der Waals surface area contributed by atoms with Gasteiger partial charge in [-0.3, -0.25) is 0 Å². The van der Waals surface area contributed by atoms with Gasteiger partial charge in [-0.25, -0.2) is 8.42 Å². The Bertz CT molecular complexity index is 956. The Morgan fingerprint density at radius 2 is 1.83 bits per heavy atom. The molecule has 1 atom stereocenters. The third-order valence-electron chi connectivity index (χ3n) is 4.12. The number of aliphatic hydroxyl groups excluding tert-OH is 1. The first-order valence-electron chi connectivity index (χ1n) is 7.65. The Morgan fingerprint density at radius 3 is 2.50 bits per heavy atom. The standard InChI is InChI=1S/C18H19NO4S/c1-12-17(13(2)23-19-12)10-24(21,22)11-18(20)16-8-7-14-5-3-4-6-15(14)9-16/h3-9,18,20H,10-11H2,1-2H3. The number of sulfone groups is 1. The summed E-state index contributed by atoms with van der Waals surface area (Å²) in [6.07, 6.45) is -1.07. The molecular weight excluding hydrogens is 326 g/mol. The fraction of sp³-hybridized carbons (Fsp3) is 0.278. The third-order valence-corrected chi connectivity index (χ3v) is 5.67. The van der Waals surface area contributed by atoms with Crippen molar-refractivity contribution in [2.24, 2.45) is 0 Å². The second-order valence-electron chi connectivity index (χ2n) is 5.98. The molecule has 0 spiro atoms. The van der Waals surface area contributed by atoms with E-state index in [9.17, 15) is 13.5 Å². The van der Waals surface area contributed by atoms with Gasteiger partial charge in [0.05, 0.1) is 23.3 Å². The predicted octanol–water partition coefficient (Wildman–Crippen LogP) is 3.09. The Labute approximate surface area is 140 Å². The minimum Gasteiger partial charge on any atom is -0.387 e. The average Bonchev–Trinajstić information content (AvgIpc) is 2.85. The van der Waals surface area contributed by atoms with Gasteiger partial charge in [0.25, 0.3) is 0 Å². The molecule has 0 fully saturated rings. The molecule has 2 aromatic carbocycles. The van der Waals surface area contributed by atoms with Crippen molar-refractivity contribution >= 4 is 20.6 Å². The topological polar surface area (TPSA) is 80.4 Å². The van der Waals surface area contributed by atoms with Crippen LogP contribution >= 0.6 is 0 Å². The Hall–Kier alpha value is -2.18. The van der Waals surface area contributed by atoms with Crippen LogP contribution in [0.25, 0.3) is 10.8 Å². The van der Waals surface area contributed by atoms with E-state index in [-0.39, 0.29) is 11.5 Å². The second-order valence-corrected chi connectivity index (χ2v) is 8.09. The number of aromatic nitrogens is 1. The fourth-order valence-electron chi connectivity index (χ4n) is 2.74. The van der Waals surface area contributed by atoms with E-state index in [2.05, 4.69) is 5.16 Å². The van der Waals surface area contributed by atoms with Crippen molar-refractivity contribution in [1.82, 2.24) is 5.16 Å². The van der Waals surface area contributed by atoms with Crippen LogP contribution in [0.1, 0.15) is 28.7 Å². The molecule has 126 valence electrons. The molecule has 1 unspecified atom stereocenters. The van der Waals surface area contributed by atoms with Gasteiger partial charge in [0.15, 0.2) is 9.84 Å². The van der Waals surface area contributed by atoms with Gasteiger partial charge >= 0.3 is 0 Å². The van der Waals surface area contributed by atoms with Crippen molar-refractivity contribution in [3.05, 3.63) is 65.0 Å². The van der Waals surface area contributed by atoms with Crippen molar-refractivity contribution in [2.45, 2.75) is 25.7 Å². The Balaban J connectivity index is 1.80. The highest BCUT2D eigenvalue weighted by atomic mass is 32.2. The van der Waals surface area contributed by atoms with Gasteiger partial charge in [0.2, 0.25) is 0 Å². The number of benzene rings is 2. The summed E-state index contributed by atoms with van der Waals surface area (Å²) in [6.45, 7) is 3.39. The molecule has 0 aliphatic carbocycles. The SMILES string of the molecule is Cc1noc(C)c1CS(=O)(=O)CC(O)c1ccc2ccccc2c1. The number of hydrogen-bond donors (Lipinski definition) is 1. The van der Waals surface area contributed by atoms with Crippen molar-refractivity contribution < 1.29 is 18.0 Å².